The van der Waals surface area contributed by atoms with Crippen LogP contribution in [-0.2, 0) is 10.0 Å². The quantitative estimate of drug-likeness (QED) is 0.400. The van der Waals surface area contributed by atoms with Gasteiger partial charge in [0.15, 0.2) is 0 Å². The molecule has 29 heavy (non-hydrogen) atoms. The van der Waals surface area contributed by atoms with Crippen molar-refractivity contribution >= 4 is 27.6 Å². The van der Waals surface area contributed by atoms with E-state index in [-0.39, 0.29) is 16.3 Å². The largest absolute Gasteiger partial charge is 0.494 e. The van der Waals surface area contributed by atoms with Gasteiger partial charge in [0.2, 0.25) is 10.0 Å². The number of hydrogen-bond acceptors (Lipinski definition) is 7. The number of benzene rings is 2. The molecule has 0 aliphatic carbocycles. The van der Waals surface area contributed by atoms with Crippen LogP contribution in [0.5, 0.6) is 5.75 Å². The van der Waals surface area contributed by atoms with Crippen LogP contribution >= 0.6 is 0 Å². The van der Waals surface area contributed by atoms with Crippen molar-refractivity contribution in [3.63, 3.8) is 0 Å². The molecule has 10 heteroatoms. The summed E-state index contributed by atoms with van der Waals surface area (Å²) in [5.74, 6) is 0.739. The lowest BCUT2D eigenvalue weighted by Crippen LogP contribution is -2.27. The van der Waals surface area contributed by atoms with Gasteiger partial charge in [-0.15, -0.1) is 0 Å². The summed E-state index contributed by atoms with van der Waals surface area (Å²) in [6, 6.07) is 11.0. The second-order valence-corrected chi connectivity index (χ2v) is 8.36. The van der Waals surface area contributed by atoms with Crippen LogP contribution in [0.25, 0.3) is 0 Å². The van der Waals surface area contributed by atoms with Gasteiger partial charge in [0.05, 0.1) is 22.6 Å². The fourth-order valence-electron chi connectivity index (χ4n) is 2.99. The average molecular weight is 418 g/mol. The maximum atomic E-state index is 12.6. The number of nitrogens with one attached hydrogen (secondary N) is 1. The normalized spacial score (nSPS) is 14.9. The third-order valence-electron chi connectivity index (χ3n) is 4.46. The number of nitrogens with zero attached hydrogens (tertiary/aromatic N) is 3. The molecule has 1 fully saturated rings. The summed E-state index contributed by atoms with van der Waals surface area (Å²) in [4.78, 5) is 10.7. The SMILES string of the molecule is CCOc1ccc(/C=N\Nc2ccc(S(=O)(=O)N3CCCC3)cc2[N+](=O)[O-])cc1. The molecule has 1 heterocycles. The number of hydrogen-bond donors (Lipinski definition) is 1. The van der Waals surface area contributed by atoms with E-state index in [0.717, 1.165) is 30.2 Å². The van der Waals surface area contributed by atoms with Crippen molar-refractivity contribution in [3.05, 3.63) is 58.1 Å². The van der Waals surface area contributed by atoms with E-state index in [2.05, 4.69) is 10.5 Å². The monoisotopic (exact) mass is 418 g/mol. The summed E-state index contributed by atoms with van der Waals surface area (Å²) in [7, 11) is -3.73. The van der Waals surface area contributed by atoms with E-state index in [1.54, 1.807) is 24.3 Å². The fourth-order valence-corrected chi connectivity index (χ4v) is 4.53. The highest BCUT2D eigenvalue weighted by molar-refractivity contribution is 7.89. The van der Waals surface area contributed by atoms with Gasteiger partial charge in [-0.05, 0) is 61.7 Å². The Morgan fingerprint density at radius 1 is 1.21 bits per heavy atom. The van der Waals surface area contributed by atoms with E-state index in [9.17, 15) is 18.5 Å². The topological polar surface area (TPSA) is 114 Å². The van der Waals surface area contributed by atoms with Crippen LogP contribution in [0.2, 0.25) is 0 Å². The first-order chi connectivity index (χ1) is 13.9. The van der Waals surface area contributed by atoms with Crippen LogP contribution < -0.4 is 10.2 Å². The molecule has 0 bridgehead atoms. The molecular weight excluding hydrogens is 396 g/mol. The smallest absolute Gasteiger partial charge is 0.295 e. The van der Waals surface area contributed by atoms with Gasteiger partial charge in [0, 0.05) is 19.2 Å². The molecule has 3 rings (SSSR count). The predicted octanol–water partition coefficient (Wildman–Crippen LogP) is 3.22. The highest BCUT2D eigenvalue weighted by Crippen LogP contribution is 2.30. The Labute approximate surface area is 169 Å². The Kier molecular flexibility index (Phi) is 6.45. The van der Waals surface area contributed by atoms with Gasteiger partial charge in [-0.25, -0.2) is 8.42 Å². The van der Waals surface area contributed by atoms with Crippen molar-refractivity contribution in [1.29, 1.82) is 0 Å². The minimum absolute atomic E-state index is 0.0906. The van der Waals surface area contributed by atoms with Gasteiger partial charge >= 0.3 is 0 Å². The molecule has 0 unspecified atom stereocenters. The third kappa shape index (κ3) is 4.90. The number of ether oxygens (including phenoxy) is 1. The van der Waals surface area contributed by atoms with E-state index in [4.69, 9.17) is 4.74 Å². The first kappa shape index (κ1) is 20.7. The zero-order chi connectivity index (χ0) is 20.9. The summed E-state index contributed by atoms with van der Waals surface area (Å²) < 4.78 is 32.0. The maximum Gasteiger partial charge on any atom is 0.295 e. The van der Waals surface area contributed by atoms with E-state index < -0.39 is 14.9 Å². The van der Waals surface area contributed by atoms with Crippen LogP contribution in [0.4, 0.5) is 11.4 Å². The molecule has 0 radical (unpaired) electrons. The molecule has 0 spiro atoms. The van der Waals surface area contributed by atoms with Crippen molar-refractivity contribution in [2.75, 3.05) is 25.1 Å². The molecule has 0 amide bonds. The number of hydrazone groups is 1. The maximum absolute atomic E-state index is 12.6. The minimum Gasteiger partial charge on any atom is -0.494 e. The van der Waals surface area contributed by atoms with Crippen LogP contribution in [0.15, 0.2) is 52.5 Å². The molecule has 154 valence electrons. The zero-order valence-electron chi connectivity index (χ0n) is 15.9. The Bertz CT molecular complexity index is 1000. The van der Waals surface area contributed by atoms with Gasteiger partial charge < -0.3 is 4.74 Å². The Balaban J connectivity index is 1.77. The molecule has 1 aliphatic heterocycles. The fraction of sp³-hybridized carbons (Fsp3) is 0.316. The first-order valence-electron chi connectivity index (χ1n) is 9.22. The van der Waals surface area contributed by atoms with Crippen molar-refractivity contribution in [3.8, 4) is 5.75 Å². The summed E-state index contributed by atoms with van der Waals surface area (Å²) in [5, 5.41) is 15.5. The van der Waals surface area contributed by atoms with Crippen LogP contribution in [0, 0.1) is 10.1 Å². The average Bonchev–Trinajstić information content (AvgIpc) is 3.25. The third-order valence-corrected chi connectivity index (χ3v) is 6.35. The van der Waals surface area contributed by atoms with E-state index in [1.807, 2.05) is 6.92 Å². The lowest BCUT2D eigenvalue weighted by Gasteiger charge is -2.15. The molecule has 1 saturated heterocycles. The van der Waals surface area contributed by atoms with Crippen molar-refractivity contribution < 1.29 is 18.1 Å². The number of nitro groups is 1. The Morgan fingerprint density at radius 2 is 1.90 bits per heavy atom. The minimum atomic E-state index is -3.73. The zero-order valence-corrected chi connectivity index (χ0v) is 16.8. The molecule has 1 N–H and O–H groups in total. The lowest BCUT2D eigenvalue weighted by molar-refractivity contribution is -0.384. The van der Waals surface area contributed by atoms with Gasteiger partial charge in [-0.1, -0.05) is 0 Å². The van der Waals surface area contributed by atoms with Crippen molar-refractivity contribution in [2.45, 2.75) is 24.7 Å². The Morgan fingerprint density at radius 3 is 2.52 bits per heavy atom. The van der Waals surface area contributed by atoms with Crippen molar-refractivity contribution in [1.82, 2.24) is 4.31 Å². The van der Waals surface area contributed by atoms with Gasteiger partial charge in [-0.3, -0.25) is 15.5 Å². The molecule has 9 nitrogen and oxygen atoms in total. The Hall–Kier alpha value is -2.98. The highest BCUT2D eigenvalue weighted by atomic mass is 32.2. The molecular formula is C19H22N4O5S. The summed E-state index contributed by atoms with van der Waals surface area (Å²) >= 11 is 0. The summed E-state index contributed by atoms with van der Waals surface area (Å²) in [5.41, 5.74) is 3.15. The molecule has 1 aliphatic rings. The molecule has 0 aromatic heterocycles. The van der Waals surface area contributed by atoms with Crippen molar-refractivity contribution in [2.24, 2.45) is 5.10 Å². The number of nitro benzene ring substituents is 1. The van der Waals surface area contributed by atoms with E-state index >= 15 is 0 Å². The van der Waals surface area contributed by atoms with Crippen LogP contribution in [0.3, 0.4) is 0 Å². The number of sulfonamides is 1. The number of anilines is 1. The second-order valence-electron chi connectivity index (χ2n) is 6.42. The first-order valence-corrected chi connectivity index (χ1v) is 10.7. The van der Waals surface area contributed by atoms with Gasteiger partial charge in [0.1, 0.15) is 11.4 Å². The molecule has 0 atom stereocenters. The number of rotatable bonds is 8. The van der Waals surface area contributed by atoms with Gasteiger partial charge in [0.25, 0.3) is 5.69 Å². The standard InChI is InChI=1S/C19H22N4O5S/c1-2-28-16-7-5-15(6-8-16)14-20-21-18-10-9-17(13-19(18)23(24)25)29(26,27)22-11-3-4-12-22/h5-10,13-14,21H,2-4,11-12H2,1H3/b20-14-. The van der Waals surface area contributed by atoms with Crippen LogP contribution in [-0.4, -0.2) is 43.6 Å². The highest BCUT2D eigenvalue weighted by Gasteiger charge is 2.29. The van der Waals surface area contributed by atoms with E-state index in [0.29, 0.717) is 19.7 Å². The lowest BCUT2D eigenvalue weighted by atomic mass is 10.2. The van der Waals surface area contributed by atoms with Crippen LogP contribution in [0.1, 0.15) is 25.3 Å². The predicted molar refractivity (Wildman–Crippen MR) is 110 cm³/mol. The molecule has 2 aromatic carbocycles. The summed E-state index contributed by atoms with van der Waals surface area (Å²) in [6.07, 6.45) is 3.09. The summed E-state index contributed by atoms with van der Waals surface area (Å²) in [6.45, 7) is 3.33. The molecule has 0 saturated carbocycles. The second kappa shape index (κ2) is 9.01. The van der Waals surface area contributed by atoms with E-state index in [1.165, 1.54) is 22.7 Å². The molecule has 2 aromatic rings. The van der Waals surface area contributed by atoms with Gasteiger partial charge in [-0.2, -0.15) is 9.41 Å².